The number of carbonyl (C=O) groups is 2. The largest absolute Gasteiger partial charge is 0.273 e. The monoisotopic (exact) mass is 273 g/mol. The fourth-order valence-electron chi connectivity index (χ4n) is 2.21. The molecule has 0 aromatic heterocycles. The second kappa shape index (κ2) is 4.52. The van der Waals surface area contributed by atoms with Gasteiger partial charge in [0.1, 0.15) is 5.82 Å². The van der Waals surface area contributed by atoms with Crippen molar-refractivity contribution in [3.63, 3.8) is 0 Å². The molecule has 1 heterocycles. The number of amides is 2. The number of imide groups is 1. The number of hydrogen-bond acceptors (Lipinski definition) is 2. The van der Waals surface area contributed by atoms with Crippen molar-refractivity contribution in [2.24, 2.45) is 0 Å². The Labute approximate surface area is 113 Å². The van der Waals surface area contributed by atoms with Crippen LogP contribution in [0.25, 0.3) is 0 Å². The third-order valence-electron chi connectivity index (χ3n) is 3.19. The molecule has 1 atom stereocenters. The van der Waals surface area contributed by atoms with Gasteiger partial charge in [-0.05, 0) is 30.3 Å². The van der Waals surface area contributed by atoms with Gasteiger partial charge in [0.05, 0.1) is 5.69 Å². The minimum atomic E-state index is -1.89. The quantitative estimate of drug-likeness (QED) is 0.749. The maximum Gasteiger partial charge on any atom is 0.273 e. The van der Waals surface area contributed by atoms with Gasteiger partial charge in [-0.1, -0.05) is 18.2 Å². The van der Waals surface area contributed by atoms with Gasteiger partial charge >= 0.3 is 0 Å². The minimum Gasteiger partial charge on any atom is -0.270 e. The molecular formula is C15H9F2NO2. The van der Waals surface area contributed by atoms with Crippen molar-refractivity contribution in [1.29, 1.82) is 0 Å². The maximum atomic E-state index is 14.1. The van der Waals surface area contributed by atoms with Crippen LogP contribution in [-0.4, -0.2) is 11.8 Å². The molecular weight excluding hydrogens is 264 g/mol. The highest BCUT2D eigenvalue weighted by atomic mass is 19.1. The first kappa shape index (κ1) is 12.5. The lowest BCUT2D eigenvalue weighted by Crippen LogP contribution is -2.43. The minimum absolute atomic E-state index is 0.0702. The van der Waals surface area contributed by atoms with Crippen LogP contribution >= 0.6 is 0 Å². The molecule has 3 rings (SSSR count). The lowest BCUT2D eigenvalue weighted by atomic mass is 9.96. The predicted molar refractivity (Wildman–Crippen MR) is 68.5 cm³/mol. The van der Waals surface area contributed by atoms with Gasteiger partial charge in [-0.2, -0.15) is 0 Å². The summed E-state index contributed by atoms with van der Waals surface area (Å²) in [5.74, 6) is -2.06. The summed E-state index contributed by atoms with van der Waals surface area (Å²) in [7, 11) is 0. The van der Waals surface area contributed by atoms with E-state index in [1.807, 2.05) is 0 Å². The number of rotatable bonds is 1. The van der Waals surface area contributed by atoms with Gasteiger partial charge in [-0.15, -0.1) is 0 Å². The highest BCUT2D eigenvalue weighted by Crippen LogP contribution is 2.33. The van der Waals surface area contributed by atoms with E-state index in [0.29, 0.717) is 0 Å². The average Bonchev–Trinajstić information content (AvgIpc) is 2.47. The number of nitrogens with zero attached hydrogens (tertiary/aromatic N) is 1. The molecule has 1 aliphatic heterocycles. The molecule has 20 heavy (non-hydrogen) atoms. The highest BCUT2D eigenvalue weighted by Gasteiger charge is 2.39. The molecule has 0 saturated carbocycles. The van der Waals surface area contributed by atoms with Crippen molar-refractivity contribution < 1.29 is 18.4 Å². The molecule has 0 bridgehead atoms. The Morgan fingerprint density at radius 1 is 0.950 bits per heavy atom. The molecule has 3 nitrogen and oxygen atoms in total. The van der Waals surface area contributed by atoms with Gasteiger partial charge in [0.2, 0.25) is 6.17 Å². The van der Waals surface area contributed by atoms with E-state index in [-0.39, 0.29) is 16.8 Å². The number of anilines is 1. The molecule has 1 unspecified atom stereocenters. The Hall–Kier alpha value is -2.56. The first-order valence-corrected chi connectivity index (χ1v) is 5.96. The Kier molecular flexibility index (Phi) is 2.82. The molecule has 2 aromatic rings. The van der Waals surface area contributed by atoms with Crippen LogP contribution < -0.4 is 4.90 Å². The summed E-state index contributed by atoms with van der Waals surface area (Å²) in [6.07, 6.45) is -1.89. The fourth-order valence-corrected chi connectivity index (χ4v) is 2.21. The molecule has 0 aliphatic carbocycles. The second-order valence-corrected chi connectivity index (χ2v) is 4.41. The molecule has 2 aromatic carbocycles. The Morgan fingerprint density at radius 2 is 1.60 bits per heavy atom. The molecule has 0 N–H and O–H groups in total. The van der Waals surface area contributed by atoms with Gasteiger partial charge < -0.3 is 0 Å². The second-order valence-electron chi connectivity index (χ2n) is 4.41. The van der Waals surface area contributed by atoms with Crippen molar-refractivity contribution in [3.8, 4) is 0 Å². The van der Waals surface area contributed by atoms with Crippen molar-refractivity contribution in [1.82, 2.24) is 0 Å². The fraction of sp³-hybridized carbons (Fsp3) is 0.0667. The van der Waals surface area contributed by atoms with E-state index in [1.165, 1.54) is 24.3 Å². The smallest absolute Gasteiger partial charge is 0.270 e. The summed E-state index contributed by atoms with van der Waals surface area (Å²) in [6, 6.07) is 10.8. The first-order valence-electron chi connectivity index (χ1n) is 5.96. The summed E-state index contributed by atoms with van der Waals surface area (Å²) in [4.78, 5) is 25.1. The van der Waals surface area contributed by atoms with Crippen LogP contribution in [0.1, 0.15) is 22.1 Å². The average molecular weight is 273 g/mol. The Morgan fingerprint density at radius 3 is 2.30 bits per heavy atom. The van der Waals surface area contributed by atoms with Crippen LogP contribution in [0.2, 0.25) is 0 Å². The molecule has 1 aliphatic rings. The van der Waals surface area contributed by atoms with E-state index in [1.54, 1.807) is 12.1 Å². The van der Waals surface area contributed by atoms with Gasteiger partial charge in [0, 0.05) is 11.1 Å². The Bertz CT molecular complexity index is 697. The molecule has 5 heteroatoms. The van der Waals surface area contributed by atoms with Crippen molar-refractivity contribution in [2.45, 2.75) is 6.17 Å². The van der Waals surface area contributed by atoms with E-state index < -0.39 is 23.8 Å². The number of carbonyl (C=O) groups excluding carboxylic acids is 2. The molecule has 0 fully saturated rings. The molecule has 2 amide bonds. The topological polar surface area (TPSA) is 37.4 Å². The first-order chi connectivity index (χ1) is 9.59. The zero-order valence-corrected chi connectivity index (χ0v) is 10.2. The highest BCUT2D eigenvalue weighted by molar-refractivity contribution is 6.25. The molecule has 0 spiro atoms. The SMILES string of the molecule is O=C1c2ccccc2C(F)C(=O)N1c1ccc(F)cc1. The zero-order chi connectivity index (χ0) is 14.3. The van der Waals surface area contributed by atoms with Gasteiger partial charge in [-0.3, -0.25) is 9.59 Å². The summed E-state index contributed by atoms with van der Waals surface area (Å²) < 4.78 is 27.0. The van der Waals surface area contributed by atoms with E-state index in [9.17, 15) is 18.4 Å². The third-order valence-corrected chi connectivity index (χ3v) is 3.19. The molecule has 0 radical (unpaired) electrons. The van der Waals surface area contributed by atoms with E-state index in [0.717, 1.165) is 17.0 Å². The van der Waals surface area contributed by atoms with Crippen molar-refractivity contribution in [3.05, 3.63) is 65.5 Å². The summed E-state index contributed by atoms with van der Waals surface area (Å²) in [6.45, 7) is 0. The van der Waals surface area contributed by atoms with Crippen LogP contribution in [0.5, 0.6) is 0 Å². The van der Waals surface area contributed by atoms with Crippen molar-refractivity contribution in [2.75, 3.05) is 4.90 Å². The third kappa shape index (κ3) is 1.79. The lowest BCUT2D eigenvalue weighted by Gasteiger charge is -2.28. The molecule has 100 valence electrons. The number of alkyl halides is 1. The number of halogens is 2. The van der Waals surface area contributed by atoms with Crippen LogP contribution in [0.15, 0.2) is 48.5 Å². The van der Waals surface area contributed by atoms with E-state index >= 15 is 0 Å². The van der Waals surface area contributed by atoms with Gasteiger partial charge in [0.25, 0.3) is 11.8 Å². The van der Waals surface area contributed by atoms with E-state index in [2.05, 4.69) is 0 Å². The van der Waals surface area contributed by atoms with Gasteiger partial charge in [-0.25, -0.2) is 13.7 Å². The van der Waals surface area contributed by atoms with Gasteiger partial charge in [0.15, 0.2) is 0 Å². The lowest BCUT2D eigenvalue weighted by molar-refractivity contribution is -0.123. The predicted octanol–water partition coefficient (Wildman–Crippen LogP) is 3.02. The molecule has 0 saturated heterocycles. The summed E-state index contributed by atoms with van der Waals surface area (Å²) in [5, 5.41) is 0. The van der Waals surface area contributed by atoms with Crippen LogP contribution in [0, 0.1) is 5.82 Å². The number of hydrogen-bond donors (Lipinski definition) is 0. The number of benzene rings is 2. The summed E-state index contributed by atoms with van der Waals surface area (Å²) in [5.41, 5.74) is 0.364. The number of fused-ring (bicyclic) bond motifs is 1. The van der Waals surface area contributed by atoms with Crippen LogP contribution in [0.3, 0.4) is 0 Å². The van der Waals surface area contributed by atoms with Crippen LogP contribution in [-0.2, 0) is 4.79 Å². The Balaban J connectivity index is 2.12. The zero-order valence-electron chi connectivity index (χ0n) is 10.2. The van der Waals surface area contributed by atoms with Crippen LogP contribution in [0.4, 0.5) is 14.5 Å². The maximum absolute atomic E-state index is 14.1. The van der Waals surface area contributed by atoms with Crippen molar-refractivity contribution >= 4 is 17.5 Å². The standard InChI is InChI=1S/C15H9F2NO2/c16-9-5-7-10(8-6-9)18-14(19)12-4-2-1-3-11(12)13(17)15(18)20/h1-8,13H. The normalized spacial score (nSPS) is 18.1. The summed E-state index contributed by atoms with van der Waals surface area (Å²) >= 11 is 0. The van der Waals surface area contributed by atoms with E-state index in [4.69, 9.17) is 0 Å².